The van der Waals surface area contributed by atoms with Crippen LogP contribution in [0.2, 0.25) is 0 Å². The number of rotatable bonds is 5. The van der Waals surface area contributed by atoms with Crippen molar-refractivity contribution in [3.05, 3.63) is 22.8 Å². The van der Waals surface area contributed by atoms with Crippen molar-refractivity contribution >= 4 is 23.5 Å². The molecule has 5 unspecified atom stereocenters. The van der Waals surface area contributed by atoms with E-state index in [1.807, 2.05) is 13.8 Å². The maximum atomic E-state index is 14.4. The van der Waals surface area contributed by atoms with Gasteiger partial charge in [-0.05, 0) is 61.0 Å². The number of alkyl halides is 3. The quantitative estimate of drug-likeness (QED) is 0.220. The fourth-order valence-electron chi connectivity index (χ4n) is 5.98. The van der Waals surface area contributed by atoms with E-state index in [-0.39, 0.29) is 24.7 Å². The van der Waals surface area contributed by atoms with Crippen molar-refractivity contribution in [3.63, 3.8) is 0 Å². The van der Waals surface area contributed by atoms with Gasteiger partial charge in [0.15, 0.2) is 5.60 Å². The van der Waals surface area contributed by atoms with Crippen LogP contribution >= 0.6 is 11.8 Å². The highest BCUT2D eigenvalue weighted by atomic mass is 32.2. The monoisotopic (exact) mass is 605 g/mol. The van der Waals surface area contributed by atoms with Gasteiger partial charge in [0.25, 0.3) is 0 Å². The number of thioether (sulfide) groups is 1. The number of halogens is 3. The maximum Gasteiger partial charge on any atom is 0.420 e. The first-order valence-corrected chi connectivity index (χ1v) is 15.4. The summed E-state index contributed by atoms with van der Waals surface area (Å²) < 4.78 is 54.2. The molecule has 3 aliphatic rings. The Labute approximate surface area is 245 Å². The van der Waals surface area contributed by atoms with E-state index >= 15 is 0 Å². The van der Waals surface area contributed by atoms with E-state index in [0.717, 1.165) is 6.42 Å². The van der Waals surface area contributed by atoms with Gasteiger partial charge in [-0.25, -0.2) is 0 Å². The number of carbonyl (C=O) groups is 2. The van der Waals surface area contributed by atoms with E-state index in [1.165, 1.54) is 25.6 Å². The number of epoxide rings is 1. The van der Waals surface area contributed by atoms with Crippen molar-refractivity contribution in [2.75, 3.05) is 0 Å². The van der Waals surface area contributed by atoms with Crippen molar-refractivity contribution in [2.24, 2.45) is 34.8 Å². The highest BCUT2D eigenvalue weighted by Gasteiger charge is 2.74. The van der Waals surface area contributed by atoms with Gasteiger partial charge in [0.1, 0.15) is 18.0 Å². The molecular formula is C30H46F3NO6S. The number of ketones is 1. The topological polar surface area (TPSA) is 122 Å². The molecule has 10 atom stereocenters. The molecule has 0 spiro atoms. The van der Waals surface area contributed by atoms with Gasteiger partial charge in [0.05, 0.1) is 24.0 Å². The Bertz CT molecular complexity index is 1050. The minimum absolute atomic E-state index is 0.187. The molecule has 41 heavy (non-hydrogen) atoms. The summed E-state index contributed by atoms with van der Waals surface area (Å²) in [6, 6.07) is 0. The van der Waals surface area contributed by atoms with Gasteiger partial charge < -0.3 is 25.4 Å². The summed E-state index contributed by atoms with van der Waals surface area (Å²) in [6.45, 7) is 12.0. The Morgan fingerprint density at radius 2 is 1.85 bits per heavy atom. The van der Waals surface area contributed by atoms with E-state index in [9.17, 15) is 33.0 Å². The molecule has 2 aliphatic heterocycles. The molecule has 234 valence electrons. The van der Waals surface area contributed by atoms with Crippen molar-refractivity contribution in [1.82, 2.24) is 0 Å². The third kappa shape index (κ3) is 7.51. The van der Waals surface area contributed by atoms with Crippen LogP contribution in [0.4, 0.5) is 13.2 Å². The Kier molecular flexibility index (Phi) is 10.4. The number of Topliss-reactive ketones (excluding diaryl/α,β-unsaturated/α-hetero) is 1. The molecule has 0 radical (unpaired) electrons. The molecule has 0 aromatic heterocycles. The van der Waals surface area contributed by atoms with Crippen LogP contribution in [-0.2, 0) is 19.1 Å². The minimum atomic E-state index is -4.64. The van der Waals surface area contributed by atoms with E-state index in [1.54, 1.807) is 32.3 Å². The first-order valence-electron chi connectivity index (χ1n) is 14.5. The molecule has 0 amide bonds. The van der Waals surface area contributed by atoms with Gasteiger partial charge in [-0.3, -0.25) is 9.59 Å². The molecule has 7 nitrogen and oxygen atoms in total. The normalized spacial score (nSPS) is 39.8. The summed E-state index contributed by atoms with van der Waals surface area (Å²) in [5, 5.41) is 24.0. The highest BCUT2D eigenvalue weighted by Crippen LogP contribution is 2.61. The summed E-state index contributed by atoms with van der Waals surface area (Å²) >= 11 is 1.52. The average Bonchev–Trinajstić information content (AvgIpc) is 3.80. The van der Waals surface area contributed by atoms with Crippen LogP contribution in [0, 0.1) is 29.1 Å². The van der Waals surface area contributed by atoms with Crippen LogP contribution in [0.5, 0.6) is 0 Å². The average molecular weight is 606 g/mol. The maximum absolute atomic E-state index is 14.4. The lowest BCUT2D eigenvalue weighted by Gasteiger charge is -2.34. The lowest BCUT2D eigenvalue weighted by molar-refractivity contribution is -0.187. The summed E-state index contributed by atoms with van der Waals surface area (Å²) in [4.78, 5) is 26.4. The molecule has 3 fully saturated rings. The number of esters is 1. The summed E-state index contributed by atoms with van der Waals surface area (Å²) in [5.74, 6) is -3.11. The zero-order valence-electron chi connectivity index (χ0n) is 25.0. The fraction of sp³-hybridized carbons (Fsp3) is 0.800. The molecule has 2 saturated heterocycles. The molecule has 3 rings (SSSR count). The van der Waals surface area contributed by atoms with E-state index in [4.69, 9.17) is 15.2 Å². The van der Waals surface area contributed by atoms with Crippen LogP contribution in [0.1, 0.15) is 80.6 Å². The number of hydrogen-bond donors (Lipinski definition) is 3. The summed E-state index contributed by atoms with van der Waals surface area (Å²) in [6.07, 6.45) is -7.51. The second kappa shape index (κ2) is 12.6. The third-order valence-electron chi connectivity index (χ3n) is 9.42. The van der Waals surface area contributed by atoms with Gasteiger partial charge in [-0.1, -0.05) is 41.5 Å². The van der Waals surface area contributed by atoms with Crippen LogP contribution in [0.15, 0.2) is 22.8 Å². The van der Waals surface area contributed by atoms with Crippen molar-refractivity contribution in [3.8, 4) is 0 Å². The van der Waals surface area contributed by atoms with Gasteiger partial charge in [-0.2, -0.15) is 13.2 Å². The highest BCUT2D eigenvalue weighted by molar-refractivity contribution is 8.02. The minimum Gasteiger partial charge on any atom is -0.458 e. The van der Waals surface area contributed by atoms with Crippen LogP contribution < -0.4 is 5.73 Å². The number of aliphatic hydroxyl groups is 2. The molecular weight excluding hydrogens is 559 g/mol. The largest absolute Gasteiger partial charge is 0.458 e. The van der Waals surface area contributed by atoms with Crippen molar-refractivity contribution in [2.45, 2.75) is 122 Å². The fourth-order valence-corrected chi connectivity index (χ4v) is 6.63. The number of carbonyl (C=O) groups excluding carboxylic acids is 2. The summed E-state index contributed by atoms with van der Waals surface area (Å²) in [7, 11) is 0. The van der Waals surface area contributed by atoms with Crippen molar-refractivity contribution in [1.29, 1.82) is 0 Å². The van der Waals surface area contributed by atoms with Gasteiger partial charge in [0, 0.05) is 23.3 Å². The molecule has 0 aromatic rings. The van der Waals surface area contributed by atoms with Gasteiger partial charge in [-0.15, -0.1) is 11.8 Å². The lowest BCUT2D eigenvalue weighted by atomic mass is 9.72. The first-order chi connectivity index (χ1) is 18.9. The van der Waals surface area contributed by atoms with Crippen LogP contribution in [-0.4, -0.2) is 63.4 Å². The second-order valence-electron chi connectivity index (χ2n) is 12.9. The molecule has 4 N–H and O–H groups in total. The van der Waals surface area contributed by atoms with E-state index in [2.05, 4.69) is 0 Å². The number of cyclic esters (lactones) is 1. The van der Waals surface area contributed by atoms with Gasteiger partial charge in [0.2, 0.25) is 0 Å². The first kappa shape index (κ1) is 33.9. The summed E-state index contributed by atoms with van der Waals surface area (Å²) in [5.41, 5.74) is 3.24. The number of ether oxygens (including phenoxy) is 2. The number of fused-ring (bicyclic) bond motifs is 2. The number of hydrogen-bond acceptors (Lipinski definition) is 8. The Balaban J connectivity index is 1.95. The lowest BCUT2D eigenvalue weighted by Crippen LogP contribution is -2.46. The Morgan fingerprint density at radius 1 is 1.22 bits per heavy atom. The van der Waals surface area contributed by atoms with Gasteiger partial charge >= 0.3 is 12.1 Å². The number of nitrogens with two attached hydrogens (primary N) is 1. The van der Waals surface area contributed by atoms with E-state index in [0.29, 0.717) is 22.9 Å². The number of allylic oxidation sites excluding steroid dienone is 1. The molecule has 0 bridgehead atoms. The smallest absolute Gasteiger partial charge is 0.420 e. The standard InChI is InChI=1S/C30H46F3NO6S/c1-8-16(3)41-14-20(34)9-15(2)22-11-24-29(40-24,30(31,32)33)13-19-10-21(19)17(4)26(37)18(5)27(38)28(6,7)23(35)12-25(36)39-22/h9,14,16-19,21-24,26,35,37H,8,10-13,34H2,1-7H3/b15-9+,20-14-/t16?,17-,18+,19?,21?,22-,23-,24?,26-,29?/m0/s1. The zero-order valence-corrected chi connectivity index (χ0v) is 25.8. The zero-order chi connectivity index (χ0) is 31.1. The molecule has 1 saturated carbocycles. The second-order valence-corrected chi connectivity index (χ2v) is 14.2. The SMILES string of the molecule is CCC(C)S/C=C(N)/C=C(\C)[C@@H]1CC2OC2(C(F)(F)F)CC2CC2[C@H](C)[C@H](O)[C@@H](C)C(=O)C(C)(C)[C@@H](O)CC(=O)O1. The molecule has 0 aromatic carbocycles. The Morgan fingerprint density at radius 3 is 2.44 bits per heavy atom. The number of aliphatic hydroxyl groups excluding tert-OH is 2. The third-order valence-corrected chi connectivity index (χ3v) is 10.6. The van der Waals surface area contributed by atoms with Crippen molar-refractivity contribution < 1.29 is 42.4 Å². The molecule has 1 aliphatic carbocycles. The van der Waals surface area contributed by atoms with Crippen LogP contribution in [0.3, 0.4) is 0 Å². The molecule has 11 heteroatoms. The predicted molar refractivity (Wildman–Crippen MR) is 151 cm³/mol. The molecule has 2 heterocycles. The van der Waals surface area contributed by atoms with E-state index < -0.39 is 71.6 Å². The van der Waals surface area contributed by atoms with Crippen LogP contribution in [0.25, 0.3) is 0 Å². The predicted octanol–water partition coefficient (Wildman–Crippen LogP) is 5.29. The Hall–Kier alpha value is -1.56.